The van der Waals surface area contributed by atoms with Crippen LogP contribution < -0.4 is 22.3 Å². The van der Waals surface area contributed by atoms with Crippen molar-refractivity contribution in [2.24, 2.45) is 11.6 Å². The highest BCUT2D eigenvalue weighted by Crippen LogP contribution is 2.07. The minimum absolute atomic E-state index is 0.0832. The van der Waals surface area contributed by atoms with E-state index in [1.807, 2.05) is 6.92 Å². The Morgan fingerprint density at radius 2 is 2.29 bits per heavy atom. The predicted molar refractivity (Wildman–Crippen MR) is 63.1 cm³/mol. The fourth-order valence-corrected chi connectivity index (χ4v) is 1.15. The maximum atomic E-state index is 10.4. The Hall–Kier alpha value is -1.93. The Kier molecular flexibility index (Phi) is 5.11. The Bertz CT molecular complexity index is 384. The quantitative estimate of drug-likeness (QED) is 0.273. The first kappa shape index (κ1) is 13.1. The predicted octanol–water partition coefficient (Wildman–Crippen LogP) is -1.02. The molecule has 1 heterocycles. The van der Waals surface area contributed by atoms with E-state index in [0.29, 0.717) is 24.9 Å². The van der Waals surface area contributed by atoms with Crippen LogP contribution in [0.15, 0.2) is 6.07 Å². The molecule has 0 aliphatic heterocycles. The van der Waals surface area contributed by atoms with Crippen molar-refractivity contribution >= 4 is 17.7 Å². The molecule has 1 aromatic heterocycles. The number of nitrogen functional groups attached to an aromatic ring is 1. The molecule has 0 bridgehead atoms. The number of amides is 1. The van der Waals surface area contributed by atoms with Gasteiger partial charge in [0.2, 0.25) is 11.9 Å². The Morgan fingerprint density at radius 1 is 1.53 bits per heavy atom. The molecular weight excluding hydrogens is 224 g/mol. The second-order valence-electron chi connectivity index (χ2n) is 3.31. The molecule has 1 amide bonds. The second-order valence-corrected chi connectivity index (χ2v) is 3.31. The number of nitrogens with one attached hydrogen (secondary N) is 2. The van der Waals surface area contributed by atoms with Gasteiger partial charge in [-0.25, -0.2) is 10.8 Å². The van der Waals surface area contributed by atoms with Crippen molar-refractivity contribution in [2.75, 3.05) is 30.5 Å². The third-order valence-corrected chi connectivity index (χ3v) is 1.78. The van der Waals surface area contributed by atoms with Crippen molar-refractivity contribution in [3.63, 3.8) is 0 Å². The summed E-state index contributed by atoms with van der Waals surface area (Å²) in [5.41, 5.74) is 8.07. The molecule has 8 heteroatoms. The second kappa shape index (κ2) is 6.61. The summed E-state index contributed by atoms with van der Waals surface area (Å²) >= 11 is 0. The van der Waals surface area contributed by atoms with Crippen molar-refractivity contribution < 1.29 is 9.53 Å². The molecule has 0 radical (unpaired) electrons. The number of aromatic nitrogens is 2. The first-order valence-corrected chi connectivity index (χ1v) is 5.04. The number of hydrazine groups is 1. The molecular formula is C9H16N6O2. The molecule has 0 aliphatic carbocycles. The number of primary amides is 1. The number of aryl methyl sites for hydroxylation is 1. The normalized spacial score (nSPS) is 10.0. The Labute approximate surface area is 98.7 Å². The van der Waals surface area contributed by atoms with E-state index in [1.54, 1.807) is 6.07 Å². The van der Waals surface area contributed by atoms with Crippen LogP contribution in [0.3, 0.4) is 0 Å². The van der Waals surface area contributed by atoms with Crippen molar-refractivity contribution in [3.8, 4) is 0 Å². The summed E-state index contributed by atoms with van der Waals surface area (Å²) in [6, 6.07) is 1.77. The lowest BCUT2D eigenvalue weighted by atomic mass is 10.4. The molecule has 0 saturated carbocycles. The van der Waals surface area contributed by atoms with Crippen LogP contribution in [-0.2, 0) is 9.53 Å². The van der Waals surface area contributed by atoms with Gasteiger partial charge in [0.1, 0.15) is 12.4 Å². The van der Waals surface area contributed by atoms with Gasteiger partial charge in [0.15, 0.2) is 0 Å². The number of anilines is 2. The molecule has 1 aromatic rings. The first-order valence-electron chi connectivity index (χ1n) is 5.04. The highest BCUT2D eigenvalue weighted by atomic mass is 16.5. The largest absolute Gasteiger partial charge is 0.370 e. The van der Waals surface area contributed by atoms with E-state index < -0.39 is 5.91 Å². The highest BCUT2D eigenvalue weighted by Gasteiger charge is 2.00. The van der Waals surface area contributed by atoms with Gasteiger partial charge < -0.3 is 15.8 Å². The summed E-state index contributed by atoms with van der Waals surface area (Å²) in [4.78, 5) is 18.5. The van der Waals surface area contributed by atoms with Crippen LogP contribution in [-0.4, -0.2) is 35.6 Å². The molecule has 0 fully saturated rings. The molecule has 0 saturated heterocycles. The van der Waals surface area contributed by atoms with Crippen LogP contribution in [0.2, 0.25) is 0 Å². The number of ether oxygens (including phenoxy) is 1. The van der Waals surface area contributed by atoms with Crippen molar-refractivity contribution in [3.05, 3.63) is 11.8 Å². The lowest BCUT2D eigenvalue weighted by molar-refractivity contribution is -0.122. The molecule has 0 aliphatic rings. The topological polar surface area (TPSA) is 128 Å². The molecule has 0 unspecified atom stereocenters. The third kappa shape index (κ3) is 5.09. The van der Waals surface area contributed by atoms with E-state index >= 15 is 0 Å². The van der Waals surface area contributed by atoms with E-state index in [9.17, 15) is 4.79 Å². The summed E-state index contributed by atoms with van der Waals surface area (Å²) in [7, 11) is 0. The summed E-state index contributed by atoms with van der Waals surface area (Å²) in [6.45, 7) is 2.61. The zero-order valence-corrected chi connectivity index (χ0v) is 9.56. The molecule has 0 aromatic carbocycles. The molecule has 17 heavy (non-hydrogen) atoms. The van der Waals surface area contributed by atoms with Gasteiger partial charge in [0.25, 0.3) is 0 Å². The van der Waals surface area contributed by atoms with E-state index in [-0.39, 0.29) is 6.61 Å². The van der Waals surface area contributed by atoms with Gasteiger partial charge in [-0.2, -0.15) is 4.98 Å². The van der Waals surface area contributed by atoms with Crippen molar-refractivity contribution in [1.29, 1.82) is 0 Å². The maximum Gasteiger partial charge on any atom is 0.243 e. The number of rotatable bonds is 7. The van der Waals surface area contributed by atoms with E-state index in [2.05, 4.69) is 20.7 Å². The monoisotopic (exact) mass is 240 g/mol. The number of carbonyl (C=O) groups excluding carboxylic acids is 1. The van der Waals surface area contributed by atoms with Gasteiger partial charge >= 0.3 is 0 Å². The van der Waals surface area contributed by atoms with Gasteiger partial charge in [-0.05, 0) is 6.92 Å². The highest BCUT2D eigenvalue weighted by molar-refractivity contribution is 5.74. The van der Waals surface area contributed by atoms with Crippen LogP contribution in [0.25, 0.3) is 0 Å². The molecule has 8 nitrogen and oxygen atoms in total. The SMILES string of the molecule is Cc1cc(NCCOCC(N)=O)nc(NN)n1. The van der Waals surface area contributed by atoms with Crippen LogP contribution in [0, 0.1) is 6.92 Å². The lowest BCUT2D eigenvalue weighted by Gasteiger charge is -2.08. The average molecular weight is 240 g/mol. The lowest BCUT2D eigenvalue weighted by Crippen LogP contribution is -2.21. The van der Waals surface area contributed by atoms with Crippen molar-refractivity contribution in [1.82, 2.24) is 9.97 Å². The smallest absolute Gasteiger partial charge is 0.243 e. The number of carbonyl (C=O) groups is 1. The van der Waals surface area contributed by atoms with Gasteiger partial charge in [-0.15, -0.1) is 0 Å². The molecule has 0 spiro atoms. The summed E-state index contributed by atoms with van der Waals surface area (Å²) in [6.07, 6.45) is 0. The van der Waals surface area contributed by atoms with Crippen molar-refractivity contribution in [2.45, 2.75) is 6.92 Å². The fraction of sp³-hybridized carbons (Fsp3) is 0.444. The number of nitrogens with two attached hydrogens (primary N) is 2. The minimum atomic E-state index is -0.488. The molecule has 94 valence electrons. The molecule has 6 N–H and O–H groups in total. The fourth-order valence-electron chi connectivity index (χ4n) is 1.15. The van der Waals surface area contributed by atoms with Gasteiger partial charge in [-0.1, -0.05) is 0 Å². The zero-order valence-electron chi connectivity index (χ0n) is 9.56. The first-order chi connectivity index (χ1) is 8.11. The number of hydrogen-bond donors (Lipinski definition) is 4. The van der Waals surface area contributed by atoms with Crippen LogP contribution in [0.5, 0.6) is 0 Å². The third-order valence-electron chi connectivity index (χ3n) is 1.78. The average Bonchev–Trinajstić information content (AvgIpc) is 2.27. The molecule has 1 rings (SSSR count). The summed E-state index contributed by atoms with van der Waals surface area (Å²) < 4.78 is 4.98. The minimum Gasteiger partial charge on any atom is -0.370 e. The van der Waals surface area contributed by atoms with E-state index in [1.165, 1.54) is 0 Å². The van der Waals surface area contributed by atoms with Crippen LogP contribution >= 0.6 is 0 Å². The van der Waals surface area contributed by atoms with E-state index in [0.717, 1.165) is 5.69 Å². The Morgan fingerprint density at radius 3 is 2.94 bits per heavy atom. The van der Waals surface area contributed by atoms with Gasteiger partial charge in [0.05, 0.1) is 6.61 Å². The summed E-state index contributed by atoms with van der Waals surface area (Å²) in [5.74, 6) is 5.70. The number of hydrogen-bond acceptors (Lipinski definition) is 7. The number of nitrogens with zero attached hydrogens (tertiary/aromatic N) is 2. The summed E-state index contributed by atoms with van der Waals surface area (Å²) in [5, 5.41) is 3.01. The van der Waals surface area contributed by atoms with Gasteiger partial charge in [0, 0.05) is 18.3 Å². The maximum absolute atomic E-state index is 10.4. The Balaban J connectivity index is 2.36. The van der Waals surface area contributed by atoms with E-state index in [4.69, 9.17) is 16.3 Å². The standard InChI is InChI=1S/C9H16N6O2/c1-6-4-8(14-9(13-6)15-11)12-2-3-17-5-7(10)16/h4H,2-3,5,11H2,1H3,(H2,10,16)(H2,12,13,14,15). The zero-order chi connectivity index (χ0) is 12.7. The van der Waals surface area contributed by atoms with Crippen LogP contribution in [0.4, 0.5) is 11.8 Å². The molecule has 0 atom stereocenters. The van der Waals surface area contributed by atoms with Crippen LogP contribution in [0.1, 0.15) is 5.69 Å². The van der Waals surface area contributed by atoms with Gasteiger partial charge in [-0.3, -0.25) is 10.2 Å².